The molecule has 0 aromatic carbocycles. The number of H-pyrrole nitrogens is 1. The van der Waals surface area contributed by atoms with Gasteiger partial charge in [0.1, 0.15) is 0 Å². The molecular weight excluding hydrogens is 222 g/mol. The van der Waals surface area contributed by atoms with Gasteiger partial charge in [0.05, 0.1) is 17.4 Å². The first-order chi connectivity index (χ1) is 8.09. The van der Waals surface area contributed by atoms with Crippen molar-refractivity contribution in [3.05, 3.63) is 45.0 Å². The van der Waals surface area contributed by atoms with Crippen LogP contribution in [0, 0.1) is 0 Å². The highest BCUT2D eigenvalue weighted by atomic mass is 16.2. The predicted molar refractivity (Wildman–Crippen MR) is 62.8 cm³/mol. The Labute approximate surface area is 96.7 Å². The van der Waals surface area contributed by atoms with E-state index in [1.807, 2.05) is 0 Å². The highest BCUT2D eigenvalue weighted by Gasteiger charge is 2.06. The van der Waals surface area contributed by atoms with Crippen molar-refractivity contribution in [3.8, 4) is 0 Å². The van der Waals surface area contributed by atoms with E-state index in [2.05, 4.69) is 15.5 Å². The Morgan fingerprint density at radius 3 is 2.82 bits per heavy atom. The molecule has 2 aromatic heterocycles. The fourth-order valence-corrected chi connectivity index (χ4v) is 1.55. The lowest BCUT2D eigenvalue weighted by Crippen LogP contribution is -2.38. The van der Waals surface area contributed by atoms with Crippen LogP contribution in [-0.4, -0.2) is 19.3 Å². The largest absolute Gasteiger partial charge is 0.378 e. The number of anilines is 1. The van der Waals surface area contributed by atoms with Crippen molar-refractivity contribution in [3.63, 3.8) is 0 Å². The molecule has 90 valence electrons. The van der Waals surface area contributed by atoms with Crippen LogP contribution in [0.1, 0.15) is 5.56 Å². The van der Waals surface area contributed by atoms with Gasteiger partial charge in [-0.3, -0.25) is 14.5 Å². The van der Waals surface area contributed by atoms with Crippen molar-refractivity contribution in [2.75, 3.05) is 5.32 Å². The van der Waals surface area contributed by atoms with E-state index < -0.39 is 0 Å². The lowest BCUT2D eigenvalue weighted by Gasteiger charge is -2.07. The minimum atomic E-state index is -0.331. The molecule has 0 amide bonds. The number of hydrogen-bond donors (Lipinski definition) is 2. The number of hydrogen-bond acceptors (Lipinski definition) is 4. The minimum absolute atomic E-state index is 0.288. The molecule has 0 aliphatic heterocycles. The van der Waals surface area contributed by atoms with Crippen LogP contribution in [0.5, 0.6) is 0 Å². The van der Waals surface area contributed by atoms with Gasteiger partial charge in [-0.15, -0.1) is 0 Å². The number of nitrogens with one attached hydrogen (secondary N) is 2. The summed E-state index contributed by atoms with van der Waals surface area (Å²) in [5, 5.41) is 9.47. The summed E-state index contributed by atoms with van der Waals surface area (Å²) < 4.78 is 2.47. The summed E-state index contributed by atoms with van der Waals surface area (Å²) in [5.74, 6) is 0. The normalized spacial score (nSPS) is 10.5. The van der Waals surface area contributed by atoms with Crippen LogP contribution in [-0.2, 0) is 20.6 Å². The summed E-state index contributed by atoms with van der Waals surface area (Å²) >= 11 is 0. The molecule has 7 nitrogen and oxygen atoms in total. The highest BCUT2D eigenvalue weighted by molar-refractivity contribution is 5.38. The average Bonchev–Trinajstić information content (AvgIpc) is 2.82. The zero-order chi connectivity index (χ0) is 12.4. The van der Waals surface area contributed by atoms with Crippen LogP contribution in [0.2, 0.25) is 0 Å². The van der Waals surface area contributed by atoms with Crippen LogP contribution < -0.4 is 16.6 Å². The molecule has 0 radical (unpaired) electrons. The monoisotopic (exact) mass is 235 g/mol. The van der Waals surface area contributed by atoms with Gasteiger partial charge in [-0.05, 0) is 0 Å². The zero-order valence-corrected chi connectivity index (χ0v) is 9.60. The van der Waals surface area contributed by atoms with E-state index in [0.29, 0.717) is 12.1 Å². The van der Waals surface area contributed by atoms with Gasteiger partial charge in [0.25, 0.3) is 5.56 Å². The van der Waals surface area contributed by atoms with Crippen LogP contribution in [0.25, 0.3) is 0 Å². The van der Waals surface area contributed by atoms with Crippen LogP contribution in [0.15, 0.2) is 28.2 Å². The summed E-state index contributed by atoms with van der Waals surface area (Å²) in [7, 11) is 3.08. The fourth-order valence-electron chi connectivity index (χ4n) is 1.55. The first kappa shape index (κ1) is 11.2. The number of aryl methyl sites for hydroxylation is 1. The molecule has 0 aliphatic carbocycles. The molecule has 2 rings (SSSR count). The minimum Gasteiger partial charge on any atom is -0.378 e. The van der Waals surface area contributed by atoms with Gasteiger partial charge < -0.3 is 9.88 Å². The highest BCUT2D eigenvalue weighted by Crippen LogP contribution is 2.02. The summed E-state index contributed by atoms with van der Waals surface area (Å²) in [6, 6.07) is 0. The van der Waals surface area contributed by atoms with Crippen LogP contribution in [0.4, 0.5) is 5.69 Å². The van der Waals surface area contributed by atoms with Crippen molar-refractivity contribution in [2.24, 2.45) is 14.1 Å². The Morgan fingerprint density at radius 1 is 1.41 bits per heavy atom. The zero-order valence-electron chi connectivity index (χ0n) is 9.60. The van der Waals surface area contributed by atoms with E-state index in [9.17, 15) is 9.59 Å². The summed E-state index contributed by atoms with van der Waals surface area (Å²) in [6.45, 7) is 0.348. The molecule has 0 bridgehead atoms. The molecule has 2 N–H and O–H groups in total. The maximum Gasteiger partial charge on any atom is 0.330 e. The van der Waals surface area contributed by atoms with E-state index in [-0.39, 0.29) is 11.2 Å². The molecule has 17 heavy (non-hydrogen) atoms. The number of rotatable bonds is 3. The van der Waals surface area contributed by atoms with Crippen molar-refractivity contribution < 1.29 is 0 Å². The number of aromatic amines is 1. The number of aromatic nitrogens is 4. The lowest BCUT2D eigenvalue weighted by molar-refractivity contribution is 0.671. The van der Waals surface area contributed by atoms with Gasteiger partial charge in [-0.2, -0.15) is 5.10 Å². The van der Waals surface area contributed by atoms with E-state index in [4.69, 9.17) is 0 Å². The second-order valence-electron chi connectivity index (χ2n) is 3.75. The molecule has 0 unspecified atom stereocenters. The standard InChI is InChI=1S/C10H13N5O2/c1-14-6-7(9(16)15(2)10(14)17)3-11-8-4-12-13-5-8/h4-6,11H,3H2,1-2H3,(H,12,13). The topological polar surface area (TPSA) is 84.7 Å². The quantitative estimate of drug-likeness (QED) is 0.745. The third kappa shape index (κ3) is 2.12. The summed E-state index contributed by atoms with van der Waals surface area (Å²) in [4.78, 5) is 23.3. The Kier molecular flexibility index (Phi) is 2.82. The van der Waals surface area contributed by atoms with Gasteiger partial charge in [0, 0.05) is 33.0 Å². The molecule has 0 fully saturated rings. The van der Waals surface area contributed by atoms with Crippen LogP contribution in [0.3, 0.4) is 0 Å². The smallest absolute Gasteiger partial charge is 0.330 e. The maximum absolute atomic E-state index is 11.8. The maximum atomic E-state index is 11.8. The molecule has 0 aliphatic rings. The molecule has 0 spiro atoms. The molecule has 0 saturated carbocycles. The Morgan fingerprint density at radius 2 is 2.18 bits per heavy atom. The van der Waals surface area contributed by atoms with Crippen molar-refractivity contribution in [2.45, 2.75) is 6.54 Å². The molecular formula is C10H13N5O2. The first-order valence-electron chi connectivity index (χ1n) is 5.08. The third-order valence-electron chi connectivity index (χ3n) is 2.50. The van der Waals surface area contributed by atoms with Gasteiger partial charge in [-0.25, -0.2) is 4.79 Å². The lowest BCUT2D eigenvalue weighted by atomic mass is 10.3. The van der Waals surface area contributed by atoms with Gasteiger partial charge >= 0.3 is 5.69 Å². The van der Waals surface area contributed by atoms with E-state index in [0.717, 1.165) is 10.3 Å². The summed E-state index contributed by atoms with van der Waals surface area (Å²) in [6.07, 6.45) is 4.84. The molecule has 2 heterocycles. The predicted octanol–water partition coefficient (Wildman–Crippen LogP) is -0.581. The molecule has 0 saturated heterocycles. The Balaban J connectivity index is 2.28. The van der Waals surface area contributed by atoms with Crippen LogP contribution >= 0.6 is 0 Å². The van der Waals surface area contributed by atoms with E-state index in [1.54, 1.807) is 19.4 Å². The van der Waals surface area contributed by atoms with E-state index in [1.165, 1.54) is 17.8 Å². The van der Waals surface area contributed by atoms with Crippen molar-refractivity contribution >= 4 is 5.69 Å². The van der Waals surface area contributed by atoms with Gasteiger partial charge in [0.2, 0.25) is 0 Å². The third-order valence-corrected chi connectivity index (χ3v) is 2.50. The van der Waals surface area contributed by atoms with Crippen molar-refractivity contribution in [1.29, 1.82) is 0 Å². The van der Waals surface area contributed by atoms with Crippen molar-refractivity contribution in [1.82, 2.24) is 19.3 Å². The average molecular weight is 235 g/mol. The molecule has 7 heteroatoms. The molecule has 2 aromatic rings. The molecule has 0 atom stereocenters. The SMILES string of the molecule is Cn1cc(CNc2cn[nH]c2)c(=O)n(C)c1=O. The van der Waals surface area contributed by atoms with Gasteiger partial charge in [0.15, 0.2) is 0 Å². The summed E-state index contributed by atoms with van der Waals surface area (Å²) in [5.41, 5.74) is 0.697. The Bertz CT molecular complexity index is 623. The van der Waals surface area contributed by atoms with E-state index >= 15 is 0 Å². The second kappa shape index (κ2) is 4.28. The fraction of sp³-hybridized carbons (Fsp3) is 0.300. The second-order valence-corrected chi connectivity index (χ2v) is 3.75. The first-order valence-corrected chi connectivity index (χ1v) is 5.08. The number of nitrogens with zero attached hydrogens (tertiary/aromatic N) is 3. The Hall–Kier alpha value is -2.31. The van der Waals surface area contributed by atoms with Gasteiger partial charge in [-0.1, -0.05) is 0 Å².